The van der Waals surface area contributed by atoms with Crippen molar-refractivity contribution in [2.45, 2.75) is 26.9 Å². The van der Waals surface area contributed by atoms with E-state index in [1.54, 1.807) is 0 Å². The first-order chi connectivity index (χ1) is 7.95. The molecule has 0 aliphatic heterocycles. The molecule has 5 heteroatoms. The van der Waals surface area contributed by atoms with Crippen LogP contribution in [0.4, 0.5) is 5.69 Å². The third kappa shape index (κ3) is 3.34. The highest BCUT2D eigenvalue weighted by atomic mass is 16.5. The van der Waals surface area contributed by atoms with Crippen molar-refractivity contribution in [3.63, 3.8) is 0 Å². The van der Waals surface area contributed by atoms with Crippen molar-refractivity contribution in [2.75, 3.05) is 12.8 Å². The van der Waals surface area contributed by atoms with Crippen LogP contribution in [0.25, 0.3) is 0 Å². The number of nitrogens with two attached hydrogens (primary N) is 1. The Bertz CT molecular complexity index is 405. The molecule has 0 spiro atoms. The van der Waals surface area contributed by atoms with Crippen LogP contribution < -0.4 is 10.5 Å². The molecule has 17 heavy (non-hydrogen) atoms. The molecule has 0 saturated carbocycles. The van der Waals surface area contributed by atoms with Crippen molar-refractivity contribution >= 4 is 11.7 Å². The van der Waals surface area contributed by atoms with Crippen LogP contribution >= 0.6 is 0 Å². The second kappa shape index (κ2) is 5.52. The molecule has 0 aliphatic rings. The molecule has 0 amide bonds. The van der Waals surface area contributed by atoms with E-state index in [4.69, 9.17) is 10.5 Å². The number of nitrogens with zero attached hydrogens (tertiary/aromatic N) is 1. The third-order valence-corrected chi connectivity index (χ3v) is 2.51. The lowest BCUT2D eigenvalue weighted by Gasteiger charge is -2.18. The van der Waals surface area contributed by atoms with E-state index >= 15 is 0 Å². The van der Waals surface area contributed by atoms with Crippen LogP contribution in [-0.4, -0.2) is 24.2 Å². The lowest BCUT2D eigenvalue weighted by atomic mass is 10.1. The van der Waals surface area contributed by atoms with Gasteiger partial charge in [-0.2, -0.15) is 0 Å². The van der Waals surface area contributed by atoms with Crippen molar-refractivity contribution < 1.29 is 14.3 Å². The summed E-state index contributed by atoms with van der Waals surface area (Å²) in [7, 11) is 1.31. The molecule has 1 heterocycles. The normalized spacial score (nSPS) is 12.3. The summed E-state index contributed by atoms with van der Waals surface area (Å²) in [5.74, 6) is 0.0721. The standard InChI is InChI=1S/C12H18N2O3/c1-7(2)8(3)17-11-10(12(15)16-4)5-9(13)6-14-11/h5-8H,13H2,1-4H3. The van der Waals surface area contributed by atoms with E-state index in [1.807, 2.05) is 20.8 Å². The van der Waals surface area contributed by atoms with Crippen LogP contribution in [0.3, 0.4) is 0 Å². The quantitative estimate of drug-likeness (QED) is 0.810. The second-order valence-corrected chi connectivity index (χ2v) is 4.18. The number of ether oxygens (including phenoxy) is 2. The lowest BCUT2D eigenvalue weighted by molar-refractivity contribution is 0.0589. The topological polar surface area (TPSA) is 74.4 Å². The zero-order valence-corrected chi connectivity index (χ0v) is 10.6. The number of rotatable bonds is 4. The van der Waals surface area contributed by atoms with Gasteiger partial charge in [-0.3, -0.25) is 0 Å². The zero-order chi connectivity index (χ0) is 13.0. The summed E-state index contributed by atoms with van der Waals surface area (Å²) in [6, 6.07) is 1.50. The number of esters is 1. The molecule has 0 fully saturated rings. The van der Waals surface area contributed by atoms with Gasteiger partial charge in [-0.1, -0.05) is 13.8 Å². The van der Waals surface area contributed by atoms with Crippen LogP contribution in [-0.2, 0) is 4.74 Å². The molecule has 0 radical (unpaired) electrons. The summed E-state index contributed by atoms with van der Waals surface area (Å²) in [4.78, 5) is 15.6. The minimum absolute atomic E-state index is 0.0467. The molecule has 94 valence electrons. The molecule has 0 saturated heterocycles. The largest absolute Gasteiger partial charge is 0.474 e. The fourth-order valence-electron chi connectivity index (χ4n) is 1.13. The molecule has 0 aromatic carbocycles. The molecule has 1 unspecified atom stereocenters. The van der Waals surface area contributed by atoms with E-state index < -0.39 is 5.97 Å². The molecule has 1 aromatic rings. The van der Waals surface area contributed by atoms with Crippen molar-refractivity contribution in [3.8, 4) is 5.88 Å². The van der Waals surface area contributed by atoms with Crippen LogP contribution in [0.1, 0.15) is 31.1 Å². The fourth-order valence-corrected chi connectivity index (χ4v) is 1.13. The fraction of sp³-hybridized carbons (Fsp3) is 0.500. The third-order valence-electron chi connectivity index (χ3n) is 2.51. The van der Waals surface area contributed by atoms with Gasteiger partial charge >= 0.3 is 5.97 Å². The number of anilines is 1. The highest BCUT2D eigenvalue weighted by molar-refractivity contribution is 5.92. The predicted molar refractivity (Wildman–Crippen MR) is 64.9 cm³/mol. The van der Waals surface area contributed by atoms with Crippen LogP contribution in [0.15, 0.2) is 12.3 Å². The molecule has 0 aliphatic carbocycles. The first kappa shape index (κ1) is 13.3. The summed E-state index contributed by atoms with van der Waals surface area (Å²) in [5.41, 5.74) is 6.23. The van der Waals surface area contributed by atoms with E-state index in [0.717, 1.165) is 0 Å². The monoisotopic (exact) mass is 238 g/mol. The number of pyridine rings is 1. The van der Waals surface area contributed by atoms with Gasteiger partial charge in [-0.05, 0) is 18.9 Å². The Balaban J connectivity index is 3.02. The van der Waals surface area contributed by atoms with Gasteiger partial charge in [-0.15, -0.1) is 0 Å². The Hall–Kier alpha value is -1.78. The van der Waals surface area contributed by atoms with Gasteiger partial charge < -0.3 is 15.2 Å². The summed E-state index contributed by atoms with van der Waals surface area (Å²) in [6.45, 7) is 5.98. The first-order valence-corrected chi connectivity index (χ1v) is 5.46. The van der Waals surface area contributed by atoms with Crippen LogP contribution in [0, 0.1) is 5.92 Å². The molecule has 2 N–H and O–H groups in total. The average Bonchev–Trinajstić information content (AvgIpc) is 2.30. The van der Waals surface area contributed by atoms with E-state index in [2.05, 4.69) is 9.72 Å². The van der Waals surface area contributed by atoms with Gasteiger partial charge in [0.2, 0.25) is 5.88 Å². The SMILES string of the molecule is COC(=O)c1cc(N)cnc1OC(C)C(C)C. The summed E-state index contributed by atoms with van der Waals surface area (Å²) in [5, 5.41) is 0. The summed E-state index contributed by atoms with van der Waals surface area (Å²) < 4.78 is 10.3. The van der Waals surface area contributed by atoms with Gasteiger partial charge in [0, 0.05) is 0 Å². The molecular weight excluding hydrogens is 220 g/mol. The zero-order valence-electron chi connectivity index (χ0n) is 10.6. The van der Waals surface area contributed by atoms with Gasteiger partial charge in [0.05, 0.1) is 25.1 Å². The number of aromatic nitrogens is 1. The second-order valence-electron chi connectivity index (χ2n) is 4.18. The van der Waals surface area contributed by atoms with E-state index in [0.29, 0.717) is 11.6 Å². The Morgan fingerprint density at radius 1 is 1.41 bits per heavy atom. The van der Waals surface area contributed by atoms with Crippen LogP contribution in [0.2, 0.25) is 0 Å². The Kier molecular flexibility index (Phi) is 4.31. The molecule has 5 nitrogen and oxygen atoms in total. The highest BCUT2D eigenvalue weighted by Crippen LogP contribution is 2.21. The number of carbonyl (C=O) groups is 1. The number of nitrogen functional groups attached to an aromatic ring is 1. The molecular formula is C12H18N2O3. The number of methoxy groups -OCH3 is 1. The Morgan fingerprint density at radius 3 is 2.59 bits per heavy atom. The Labute approximate surface area is 101 Å². The molecule has 0 bridgehead atoms. The van der Waals surface area contributed by atoms with Gasteiger partial charge in [-0.25, -0.2) is 9.78 Å². The summed E-state index contributed by atoms with van der Waals surface area (Å²) >= 11 is 0. The van der Waals surface area contributed by atoms with Crippen molar-refractivity contribution in [3.05, 3.63) is 17.8 Å². The predicted octanol–water partition coefficient (Wildman–Crippen LogP) is 1.87. The lowest BCUT2D eigenvalue weighted by Crippen LogP contribution is -2.21. The maximum Gasteiger partial charge on any atom is 0.343 e. The van der Waals surface area contributed by atoms with Crippen LogP contribution in [0.5, 0.6) is 5.88 Å². The molecule has 1 rings (SSSR count). The average molecular weight is 238 g/mol. The van der Waals surface area contributed by atoms with E-state index in [-0.39, 0.29) is 17.5 Å². The maximum absolute atomic E-state index is 11.5. The number of carbonyl (C=O) groups excluding carboxylic acids is 1. The smallest absolute Gasteiger partial charge is 0.343 e. The Morgan fingerprint density at radius 2 is 2.06 bits per heavy atom. The minimum Gasteiger partial charge on any atom is -0.474 e. The molecule has 1 atom stereocenters. The minimum atomic E-state index is -0.504. The van der Waals surface area contributed by atoms with Crippen molar-refractivity contribution in [2.24, 2.45) is 5.92 Å². The molecule has 1 aromatic heterocycles. The van der Waals surface area contributed by atoms with Gasteiger partial charge in [0.15, 0.2) is 0 Å². The van der Waals surface area contributed by atoms with Crippen molar-refractivity contribution in [1.82, 2.24) is 4.98 Å². The summed E-state index contributed by atoms with van der Waals surface area (Å²) in [6.07, 6.45) is 1.41. The number of hydrogen-bond donors (Lipinski definition) is 1. The highest BCUT2D eigenvalue weighted by Gasteiger charge is 2.18. The van der Waals surface area contributed by atoms with E-state index in [9.17, 15) is 4.79 Å². The van der Waals surface area contributed by atoms with Gasteiger partial charge in [0.1, 0.15) is 5.56 Å². The van der Waals surface area contributed by atoms with Crippen molar-refractivity contribution in [1.29, 1.82) is 0 Å². The number of hydrogen-bond acceptors (Lipinski definition) is 5. The van der Waals surface area contributed by atoms with Gasteiger partial charge in [0.25, 0.3) is 0 Å². The first-order valence-electron chi connectivity index (χ1n) is 5.46. The maximum atomic E-state index is 11.5. The van der Waals surface area contributed by atoms with E-state index in [1.165, 1.54) is 19.4 Å².